The first-order valence-electron chi connectivity index (χ1n) is 11.2. The van der Waals surface area contributed by atoms with E-state index in [2.05, 4.69) is 14.8 Å². The Morgan fingerprint density at radius 3 is 2.55 bits per heavy atom. The van der Waals surface area contributed by atoms with Crippen LogP contribution in [0.2, 0.25) is 0 Å². The number of para-hydroxylation sites is 1. The van der Waals surface area contributed by atoms with E-state index < -0.39 is 27.4 Å². The smallest absolute Gasteiger partial charge is 0.229 e. The number of nitrogens with two attached hydrogens (primary N) is 1. The lowest BCUT2D eigenvalue weighted by Gasteiger charge is -2.12. The standard InChI is InChI=1S/C26H21F2N5O4S/c1-14-9-16(37-24-6-4-3-5-18(24)27)7-8-23(14)33-26(29)17(13-30-33)25(34)22-11-15-10-19(28)21(12-20(15)31-22)32-38(2,35)36/h3-13,31-32H,29H2,1-2H3. The number of aromatic nitrogens is 3. The number of benzene rings is 3. The van der Waals surface area contributed by atoms with Crippen LogP contribution in [0.1, 0.15) is 21.6 Å². The van der Waals surface area contributed by atoms with Gasteiger partial charge in [-0.25, -0.2) is 21.9 Å². The van der Waals surface area contributed by atoms with Crippen molar-refractivity contribution in [2.24, 2.45) is 0 Å². The Balaban J connectivity index is 1.43. The highest BCUT2D eigenvalue weighted by Crippen LogP contribution is 2.30. The van der Waals surface area contributed by atoms with E-state index in [0.717, 1.165) is 12.3 Å². The Hall–Kier alpha value is -4.71. The molecule has 194 valence electrons. The third-order valence-corrected chi connectivity index (χ3v) is 6.35. The quantitative estimate of drug-likeness (QED) is 0.253. The predicted molar refractivity (Wildman–Crippen MR) is 139 cm³/mol. The van der Waals surface area contributed by atoms with Crippen molar-refractivity contribution in [3.05, 3.63) is 95.3 Å². The number of halogens is 2. The van der Waals surface area contributed by atoms with Crippen molar-refractivity contribution < 1.29 is 26.7 Å². The summed E-state index contributed by atoms with van der Waals surface area (Å²) in [5, 5.41) is 4.64. The highest BCUT2D eigenvalue weighted by atomic mass is 32.2. The van der Waals surface area contributed by atoms with Gasteiger partial charge in [0.2, 0.25) is 15.8 Å². The Morgan fingerprint density at radius 2 is 1.84 bits per heavy atom. The third kappa shape index (κ3) is 4.81. The van der Waals surface area contributed by atoms with E-state index in [-0.39, 0.29) is 28.5 Å². The highest BCUT2D eigenvalue weighted by Gasteiger charge is 2.21. The molecule has 4 N–H and O–H groups in total. The van der Waals surface area contributed by atoms with Crippen molar-refractivity contribution in [1.82, 2.24) is 14.8 Å². The van der Waals surface area contributed by atoms with Crippen LogP contribution in [0.3, 0.4) is 0 Å². The topological polar surface area (TPSA) is 132 Å². The predicted octanol–water partition coefficient (Wildman–Crippen LogP) is 4.92. The lowest BCUT2D eigenvalue weighted by molar-refractivity contribution is 0.103. The number of aromatic amines is 1. The molecule has 2 aromatic heterocycles. The molecule has 0 aliphatic heterocycles. The zero-order valence-electron chi connectivity index (χ0n) is 20.1. The van der Waals surface area contributed by atoms with E-state index >= 15 is 0 Å². The summed E-state index contributed by atoms with van der Waals surface area (Å²) in [4.78, 5) is 16.1. The Labute approximate surface area is 215 Å². The molecule has 2 heterocycles. The van der Waals surface area contributed by atoms with Crippen LogP contribution < -0.4 is 15.2 Å². The second-order valence-electron chi connectivity index (χ2n) is 8.64. The normalized spacial score (nSPS) is 11.6. The van der Waals surface area contributed by atoms with E-state index in [1.165, 1.54) is 35.1 Å². The maximum Gasteiger partial charge on any atom is 0.229 e. The van der Waals surface area contributed by atoms with Gasteiger partial charge in [-0.2, -0.15) is 5.10 Å². The number of rotatable bonds is 7. The number of ketones is 1. The molecule has 0 aliphatic rings. The monoisotopic (exact) mass is 537 g/mol. The van der Waals surface area contributed by atoms with Gasteiger partial charge < -0.3 is 15.5 Å². The summed E-state index contributed by atoms with van der Waals surface area (Å²) < 4.78 is 60.4. The minimum absolute atomic E-state index is 0.0742. The molecule has 0 amide bonds. The number of nitrogens with zero attached hydrogens (tertiary/aromatic N) is 2. The lowest BCUT2D eigenvalue weighted by Crippen LogP contribution is -2.10. The van der Waals surface area contributed by atoms with Gasteiger partial charge in [-0.3, -0.25) is 9.52 Å². The molecule has 0 aliphatic carbocycles. The van der Waals surface area contributed by atoms with Gasteiger partial charge in [-0.1, -0.05) is 12.1 Å². The largest absolute Gasteiger partial charge is 0.454 e. The molecule has 0 bridgehead atoms. The number of sulfonamides is 1. The third-order valence-electron chi connectivity index (χ3n) is 5.76. The molecule has 3 aromatic carbocycles. The molecule has 0 atom stereocenters. The van der Waals surface area contributed by atoms with Crippen molar-refractivity contribution in [3.8, 4) is 17.2 Å². The second kappa shape index (κ2) is 9.30. The fraction of sp³-hybridized carbons (Fsp3) is 0.0769. The number of hydrogen-bond donors (Lipinski definition) is 3. The van der Waals surface area contributed by atoms with E-state index in [1.807, 2.05) is 0 Å². The molecule has 38 heavy (non-hydrogen) atoms. The molecule has 0 unspecified atom stereocenters. The van der Waals surface area contributed by atoms with Gasteiger partial charge in [-0.15, -0.1) is 0 Å². The SMILES string of the molecule is Cc1cc(Oc2ccccc2F)ccc1-n1ncc(C(=O)c2cc3cc(F)c(NS(C)(=O)=O)cc3[nH]2)c1N. The van der Waals surface area contributed by atoms with Crippen molar-refractivity contribution in [1.29, 1.82) is 0 Å². The minimum Gasteiger partial charge on any atom is -0.454 e. The van der Waals surface area contributed by atoms with Gasteiger partial charge in [0.05, 0.1) is 35.1 Å². The number of nitrogen functional groups attached to an aromatic ring is 1. The summed E-state index contributed by atoms with van der Waals surface area (Å²) in [6.45, 7) is 1.79. The second-order valence-corrected chi connectivity index (χ2v) is 10.4. The van der Waals surface area contributed by atoms with Crippen LogP contribution in [-0.2, 0) is 10.0 Å². The minimum atomic E-state index is -3.70. The number of aryl methyl sites for hydroxylation is 1. The molecule has 0 saturated heterocycles. The Bertz CT molecular complexity index is 1830. The van der Waals surface area contributed by atoms with Crippen molar-refractivity contribution in [2.45, 2.75) is 6.92 Å². The van der Waals surface area contributed by atoms with Gasteiger partial charge in [0.25, 0.3) is 0 Å². The van der Waals surface area contributed by atoms with Crippen molar-refractivity contribution >= 4 is 38.2 Å². The average Bonchev–Trinajstić information content (AvgIpc) is 3.43. The molecule has 9 nitrogen and oxygen atoms in total. The number of hydrogen-bond acceptors (Lipinski definition) is 6. The maximum absolute atomic E-state index is 14.4. The molecule has 0 saturated carbocycles. The fourth-order valence-corrected chi connectivity index (χ4v) is 4.56. The summed E-state index contributed by atoms with van der Waals surface area (Å²) in [5.41, 5.74) is 7.91. The number of H-pyrrole nitrogens is 1. The summed E-state index contributed by atoms with van der Waals surface area (Å²) in [6, 6.07) is 14.9. The van der Waals surface area contributed by atoms with Gasteiger partial charge in [0.1, 0.15) is 17.4 Å². The average molecular weight is 538 g/mol. The lowest BCUT2D eigenvalue weighted by atomic mass is 10.1. The fourth-order valence-electron chi connectivity index (χ4n) is 4.01. The Kier molecular flexibility index (Phi) is 6.11. The molecule has 0 fully saturated rings. The van der Waals surface area contributed by atoms with Crippen LogP contribution in [0.5, 0.6) is 11.5 Å². The van der Waals surface area contributed by atoms with E-state index in [9.17, 15) is 22.0 Å². The summed E-state index contributed by atoms with van der Waals surface area (Å²) in [7, 11) is -3.70. The number of fused-ring (bicyclic) bond motifs is 1. The van der Waals surface area contributed by atoms with E-state index in [0.29, 0.717) is 27.9 Å². The zero-order chi connectivity index (χ0) is 27.2. The van der Waals surface area contributed by atoms with Crippen LogP contribution in [0.4, 0.5) is 20.3 Å². The first-order valence-corrected chi connectivity index (χ1v) is 13.1. The molecule has 5 rings (SSSR count). The Morgan fingerprint density at radius 1 is 1.08 bits per heavy atom. The molecular weight excluding hydrogens is 516 g/mol. The summed E-state index contributed by atoms with van der Waals surface area (Å²) in [6.07, 6.45) is 2.23. The first-order chi connectivity index (χ1) is 18.0. The molecule has 5 aromatic rings. The highest BCUT2D eigenvalue weighted by molar-refractivity contribution is 7.92. The summed E-state index contributed by atoms with van der Waals surface area (Å²) in [5.74, 6) is -1.19. The van der Waals surface area contributed by atoms with Gasteiger partial charge >= 0.3 is 0 Å². The number of carbonyl (C=O) groups excluding carboxylic acids is 1. The van der Waals surface area contributed by atoms with Crippen molar-refractivity contribution in [2.75, 3.05) is 16.7 Å². The van der Waals surface area contributed by atoms with Crippen LogP contribution in [0.25, 0.3) is 16.6 Å². The number of anilines is 2. The first kappa shape index (κ1) is 25.0. The number of ether oxygens (including phenoxy) is 1. The van der Waals surface area contributed by atoms with Gasteiger partial charge in [-0.05, 0) is 61.0 Å². The van der Waals surface area contributed by atoms with Crippen molar-refractivity contribution in [3.63, 3.8) is 0 Å². The van der Waals surface area contributed by atoms with E-state index in [1.54, 1.807) is 37.3 Å². The zero-order valence-corrected chi connectivity index (χ0v) is 20.9. The molecule has 12 heteroatoms. The molecule has 0 spiro atoms. The summed E-state index contributed by atoms with van der Waals surface area (Å²) >= 11 is 0. The maximum atomic E-state index is 14.4. The van der Waals surface area contributed by atoms with E-state index in [4.69, 9.17) is 10.5 Å². The number of nitrogens with one attached hydrogen (secondary N) is 2. The van der Waals surface area contributed by atoms with Crippen LogP contribution in [-0.4, -0.2) is 35.2 Å². The van der Waals surface area contributed by atoms with Crippen LogP contribution in [0.15, 0.2) is 66.9 Å². The van der Waals surface area contributed by atoms with Crippen LogP contribution in [0, 0.1) is 18.6 Å². The molecular formula is C26H21F2N5O4S. The number of carbonyl (C=O) groups is 1. The van der Waals surface area contributed by atoms with Gasteiger partial charge in [0.15, 0.2) is 11.6 Å². The van der Waals surface area contributed by atoms with Gasteiger partial charge in [0, 0.05) is 10.9 Å². The molecule has 0 radical (unpaired) electrons. The van der Waals surface area contributed by atoms with Crippen LogP contribution >= 0.6 is 0 Å².